The molecule has 7 nitrogen and oxygen atoms in total. The fourth-order valence-corrected chi connectivity index (χ4v) is 2.13. The monoisotopic (exact) mass is 296 g/mol. The molecule has 0 unspecified atom stereocenters. The SMILES string of the molecule is Cn1cc(C(C)(C)NC(=O)c2nnc3ccccc3n2)cn1. The van der Waals surface area contributed by atoms with Crippen molar-refractivity contribution in [2.24, 2.45) is 7.05 Å². The van der Waals surface area contributed by atoms with Gasteiger partial charge in [-0.15, -0.1) is 10.2 Å². The zero-order chi connectivity index (χ0) is 15.7. The Balaban J connectivity index is 1.86. The average molecular weight is 296 g/mol. The highest BCUT2D eigenvalue weighted by Crippen LogP contribution is 2.19. The molecule has 0 fully saturated rings. The molecule has 0 saturated heterocycles. The lowest BCUT2D eigenvalue weighted by molar-refractivity contribution is 0.0900. The molecule has 1 aromatic carbocycles. The molecule has 112 valence electrons. The first-order chi connectivity index (χ1) is 10.5. The Labute approximate surface area is 127 Å². The van der Waals surface area contributed by atoms with Crippen molar-refractivity contribution in [3.63, 3.8) is 0 Å². The van der Waals surface area contributed by atoms with Crippen LogP contribution in [0.1, 0.15) is 30.0 Å². The number of nitrogens with zero attached hydrogens (tertiary/aromatic N) is 5. The number of hydrogen-bond acceptors (Lipinski definition) is 5. The number of fused-ring (bicyclic) bond motifs is 1. The van der Waals surface area contributed by atoms with Gasteiger partial charge in [-0.25, -0.2) is 4.98 Å². The molecule has 7 heteroatoms. The number of nitrogens with one attached hydrogen (secondary N) is 1. The Morgan fingerprint density at radius 2 is 1.91 bits per heavy atom. The fraction of sp³-hybridized carbons (Fsp3) is 0.267. The van der Waals surface area contributed by atoms with E-state index in [1.54, 1.807) is 23.0 Å². The first kappa shape index (κ1) is 14.1. The van der Waals surface area contributed by atoms with Gasteiger partial charge in [-0.05, 0) is 26.0 Å². The van der Waals surface area contributed by atoms with E-state index in [4.69, 9.17) is 0 Å². The van der Waals surface area contributed by atoms with E-state index in [9.17, 15) is 4.79 Å². The Hall–Kier alpha value is -2.83. The summed E-state index contributed by atoms with van der Waals surface area (Å²) < 4.78 is 1.69. The standard InChI is InChI=1S/C15H16N6O/c1-15(2,10-8-16-21(3)9-10)18-14(22)13-17-11-6-4-5-7-12(11)19-20-13/h4-9H,1-3H3,(H,18,22). The number of carbonyl (C=O) groups excluding carboxylic acids is 1. The van der Waals surface area contributed by atoms with Gasteiger partial charge >= 0.3 is 0 Å². The molecular weight excluding hydrogens is 280 g/mol. The van der Waals surface area contributed by atoms with Gasteiger partial charge in [0.05, 0.1) is 17.3 Å². The zero-order valence-corrected chi connectivity index (χ0v) is 12.6. The van der Waals surface area contributed by atoms with Crippen LogP contribution >= 0.6 is 0 Å². The number of amides is 1. The highest BCUT2D eigenvalue weighted by molar-refractivity contribution is 5.92. The number of aromatic nitrogens is 5. The van der Waals surface area contributed by atoms with Crippen LogP contribution in [0.2, 0.25) is 0 Å². The number of rotatable bonds is 3. The third kappa shape index (κ3) is 2.65. The minimum atomic E-state index is -0.583. The van der Waals surface area contributed by atoms with Crippen molar-refractivity contribution in [2.45, 2.75) is 19.4 Å². The summed E-state index contributed by atoms with van der Waals surface area (Å²) in [4.78, 5) is 16.6. The topological polar surface area (TPSA) is 85.6 Å². The van der Waals surface area contributed by atoms with Gasteiger partial charge in [-0.3, -0.25) is 9.48 Å². The van der Waals surface area contributed by atoms with Crippen molar-refractivity contribution in [3.05, 3.63) is 48.0 Å². The molecule has 0 aliphatic rings. The van der Waals surface area contributed by atoms with E-state index >= 15 is 0 Å². The molecule has 0 aliphatic heterocycles. The number of aryl methyl sites for hydroxylation is 1. The molecule has 22 heavy (non-hydrogen) atoms. The van der Waals surface area contributed by atoms with Crippen LogP contribution in [0.25, 0.3) is 11.0 Å². The maximum absolute atomic E-state index is 12.4. The van der Waals surface area contributed by atoms with E-state index in [0.717, 1.165) is 5.56 Å². The minimum Gasteiger partial charge on any atom is -0.340 e. The Morgan fingerprint density at radius 3 is 2.59 bits per heavy atom. The number of para-hydroxylation sites is 1. The largest absolute Gasteiger partial charge is 0.340 e. The fourth-order valence-electron chi connectivity index (χ4n) is 2.13. The molecule has 0 radical (unpaired) electrons. The molecule has 3 aromatic rings. The van der Waals surface area contributed by atoms with Gasteiger partial charge in [0.1, 0.15) is 5.52 Å². The van der Waals surface area contributed by atoms with E-state index in [1.807, 2.05) is 39.2 Å². The second-order valence-corrected chi connectivity index (χ2v) is 5.61. The lowest BCUT2D eigenvalue weighted by Crippen LogP contribution is -2.41. The second-order valence-electron chi connectivity index (χ2n) is 5.61. The summed E-state index contributed by atoms with van der Waals surface area (Å²) in [5.41, 5.74) is 1.62. The van der Waals surface area contributed by atoms with Gasteiger partial charge in [0.15, 0.2) is 0 Å². The predicted octanol–water partition coefficient (Wildman–Crippen LogP) is 1.42. The molecule has 0 bridgehead atoms. The number of benzene rings is 1. The third-order valence-electron chi connectivity index (χ3n) is 3.42. The molecule has 2 heterocycles. The van der Waals surface area contributed by atoms with Crippen LogP contribution < -0.4 is 5.32 Å². The lowest BCUT2D eigenvalue weighted by atomic mass is 9.98. The van der Waals surface area contributed by atoms with E-state index in [2.05, 4.69) is 25.6 Å². The van der Waals surface area contributed by atoms with Crippen LogP contribution in [0, 0.1) is 0 Å². The summed E-state index contributed by atoms with van der Waals surface area (Å²) >= 11 is 0. The van der Waals surface area contributed by atoms with Crippen LogP contribution in [-0.4, -0.2) is 30.9 Å². The summed E-state index contributed by atoms with van der Waals surface area (Å²) in [5, 5.41) is 15.0. The van der Waals surface area contributed by atoms with E-state index in [0.29, 0.717) is 11.0 Å². The van der Waals surface area contributed by atoms with Gasteiger partial charge in [-0.2, -0.15) is 5.10 Å². The average Bonchev–Trinajstić information content (AvgIpc) is 2.94. The predicted molar refractivity (Wildman–Crippen MR) is 81.0 cm³/mol. The quantitative estimate of drug-likeness (QED) is 0.790. The van der Waals surface area contributed by atoms with Crippen LogP contribution in [0.4, 0.5) is 0 Å². The number of hydrogen-bond donors (Lipinski definition) is 1. The highest BCUT2D eigenvalue weighted by atomic mass is 16.2. The molecule has 0 saturated carbocycles. The van der Waals surface area contributed by atoms with Crippen LogP contribution in [0.15, 0.2) is 36.7 Å². The summed E-state index contributed by atoms with van der Waals surface area (Å²) in [7, 11) is 1.83. The highest BCUT2D eigenvalue weighted by Gasteiger charge is 2.26. The molecule has 2 aromatic heterocycles. The molecule has 1 N–H and O–H groups in total. The van der Waals surface area contributed by atoms with E-state index in [1.165, 1.54) is 0 Å². The van der Waals surface area contributed by atoms with Gasteiger partial charge in [0, 0.05) is 18.8 Å². The van der Waals surface area contributed by atoms with Gasteiger partial charge in [0.25, 0.3) is 5.91 Å². The Morgan fingerprint density at radius 1 is 1.18 bits per heavy atom. The summed E-state index contributed by atoms with van der Waals surface area (Å²) in [6.45, 7) is 3.80. The number of carbonyl (C=O) groups is 1. The second kappa shape index (κ2) is 5.18. The van der Waals surface area contributed by atoms with Crippen molar-refractivity contribution in [2.75, 3.05) is 0 Å². The zero-order valence-electron chi connectivity index (χ0n) is 12.6. The normalized spacial score (nSPS) is 11.6. The first-order valence-electron chi connectivity index (χ1n) is 6.87. The third-order valence-corrected chi connectivity index (χ3v) is 3.42. The van der Waals surface area contributed by atoms with Crippen molar-refractivity contribution >= 4 is 16.9 Å². The van der Waals surface area contributed by atoms with Gasteiger partial charge in [0.2, 0.25) is 5.82 Å². The van der Waals surface area contributed by atoms with E-state index < -0.39 is 5.54 Å². The molecule has 0 atom stereocenters. The van der Waals surface area contributed by atoms with Crippen molar-refractivity contribution in [1.82, 2.24) is 30.3 Å². The molecule has 0 spiro atoms. The molecule has 3 rings (SSSR count). The molecule has 0 aliphatic carbocycles. The van der Waals surface area contributed by atoms with Crippen LogP contribution in [0.5, 0.6) is 0 Å². The minimum absolute atomic E-state index is 0.0515. The van der Waals surface area contributed by atoms with E-state index in [-0.39, 0.29) is 11.7 Å². The maximum Gasteiger partial charge on any atom is 0.291 e. The van der Waals surface area contributed by atoms with Crippen molar-refractivity contribution in [1.29, 1.82) is 0 Å². The Kier molecular flexibility index (Phi) is 3.32. The summed E-state index contributed by atoms with van der Waals surface area (Å²) in [6, 6.07) is 7.30. The maximum atomic E-state index is 12.4. The van der Waals surface area contributed by atoms with Crippen LogP contribution in [-0.2, 0) is 12.6 Å². The summed E-state index contributed by atoms with van der Waals surface area (Å²) in [6.07, 6.45) is 3.58. The smallest absolute Gasteiger partial charge is 0.291 e. The summed E-state index contributed by atoms with van der Waals surface area (Å²) in [5.74, 6) is -0.317. The van der Waals surface area contributed by atoms with Crippen molar-refractivity contribution in [3.8, 4) is 0 Å². The lowest BCUT2D eigenvalue weighted by Gasteiger charge is -2.24. The molecule has 1 amide bonds. The van der Waals surface area contributed by atoms with Gasteiger partial charge < -0.3 is 5.32 Å². The van der Waals surface area contributed by atoms with Crippen molar-refractivity contribution < 1.29 is 4.79 Å². The molecular formula is C15H16N6O. The van der Waals surface area contributed by atoms with Gasteiger partial charge in [-0.1, -0.05) is 12.1 Å². The first-order valence-corrected chi connectivity index (χ1v) is 6.87. The Bertz CT molecular complexity index is 839. The van der Waals surface area contributed by atoms with Crippen LogP contribution in [0.3, 0.4) is 0 Å².